The smallest absolute Gasteiger partial charge is 0.191 e. The number of aliphatic imine (C=N–C) groups is 1. The maximum Gasteiger partial charge on any atom is 0.191 e. The topological polar surface area (TPSA) is 90.2 Å². The summed E-state index contributed by atoms with van der Waals surface area (Å²) in [6, 6.07) is 9.38. The van der Waals surface area contributed by atoms with E-state index in [1.165, 1.54) is 0 Å². The van der Waals surface area contributed by atoms with Crippen molar-refractivity contribution in [2.24, 2.45) is 16.5 Å². The zero-order valence-corrected chi connectivity index (χ0v) is 9.46. The van der Waals surface area contributed by atoms with Crippen molar-refractivity contribution < 1.29 is 0 Å². The number of nitrogens with two attached hydrogens (primary N) is 2. The van der Waals surface area contributed by atoms with Crippen molar-refractivity contribution in [2.45, 2.75) is 6.92 Å². The molecule has 0 bridgehead atoms. The normalized spacial score (nSPS) is 9.94. The Labute approximate surface area is 99.2 Å². The van der Waals surface area contributed by atoms with Gasteiger partial charge in [0, 0.05) is 11.8 Å². The first-order chi connectivity index (χ1) is 8.16. The van der Waals surface area contributed by atoms with E-state index in [0.717, 1.165) is 11.3 Å². The number of benzene rings is 1. The Bertz CT molecular complexity index is 558. The number of aromatic nitrogens is 2. The third-order valence-electron chi connectivity index (χ3n) is 2.21. The van der Waals surface area contributed by atoms with E-state index in [1.54, 1.807) is 6.20 Å². The molecule has 5 heteroatoms. The first-order valence-corrected chi connectivity index (χ1v) is 5.15. The van der Waals surface area contributed by atoms with E-state index in [1.807, 2.05) is 37.3 Å². The molecule has 17 heavy (non-hydrogen) atoms. The molecule has 0 saturated carbocycles. The Balaban J connectivity index is 2.56. The molecule has 0 aliphatic carbocycles. The van der Waals surface area contributed by atoms with Gasteiger partial charge in [-0.1, -0.05) is 18.2 Å². The van der Waals surface area contributed by atoms with Crippen molar-refractivity contribution in [3.8, 4) is 11.3 Å². The molecule has 0 aliphatic rings. The van der Waals surface area contributed by atoms with Crippen LogP contribution in [0.3, 0.4) is 0 Å². The third kappa shape index (κ3) is 2.57. The van der Waals surface area contributed by atoms with Gasteiger partial charge in [-0.25, -0.2) is 15.0 Å². The SMILES string of the molecule is Cc1nccc(-c2ccccc2N=C(N)N)n1. The molecule has 1 heterocycles. The van der Waals surface area contributed by atoms with Crippen LogP contribution >= 0.6 is 0 Å². The van der Waals surface area contributed by atoms with Crippen molar-refractivity contribution in [1.82, 2.24) is 9.97 Å². The van der Waals surface area contributed by atoms with E-state index in [9.17, 15) is 0 Å². The van der Waals surface area contributed by atoms with E-state index < -0.39 is 0 Å². The highest BCUT2D eigenvalue weighted by Crippen LogP contribution is 2.28. The zero-order chi connectivity index (χ0) is 12.3. The quantitative estimate of drug-likeness (QED) is 0.598. The summed E-state index contributed by atoms with van der Waals surface area (Å²) in [5.74, 6) is 0.741. The van der Waals surface area contributed by atoms with Gasteiger partial charge in [0.15, 0.2) is 5.96 Å². The van der Waals surface area contributed by atoms with Crippen LogP contribution < -0.4 is 11.5 Å². The highest BCUT2D eigenvalue weighted by Gasteiger charge is 2.05. The van der Waals surface area contributed by atoms with E-state index in [2.05, 4.69) is 15.0 Å². The molecule has 2 rings (SSSR count). The lowest BCUT2D eigenvalue weighted by Gasteiger charge is -2.05. The number of nitrogens with zero attached hydrogens (tertiary/aromatic N) is 3. The molecule has 1 aromatic carbocycles. The van der Waals surface area contributed by atoms with Crippen LogP contribution in [0, 0.1) is 6.92 Å². The minimum absolute atomic E-state index is 0.0308. The Morgan fingerprint density at radius 1 is 1.18 bits per heavy atom. The maximum absolute atomic E-state index is 5.40. The molecule has 4 N–H and O–H groups in total. The Kier molecular flexibility index (Phi) is 3.00. The van der Waals surface area contributed by atoms with Crippen LogP contribution in [0.25, 0.3) is 11.3 Å². The average Bonchev–Trinajstić information content (AvgIpc) is 2.29. The first-order valence-electron chi connectivity index (χ1n) is 5.15. The van der Waals surface area contributed by atoms with E-state index in [4.69, 9.17) is 11.5 Å². The molecule has 5 nitrogen and oxygen atoms in total. The summed E-state index contributed by atoms with van der Waals surface area (Å²) < 4.78 is 0. The fourth-order valence-electron chi connectivity index (χ4n) is 1.53. The van der Waals surface area contributed by atoms with Gasteiger partial charge in [-0.05, 0) is 19.1 Å². The second-order valence-corrected chi connectivity index (χ2v) is 3.54. The summed E-state index contributed by atoms with van der Waals surface area (Å²) in [5.41, 5.74) is 13.2. The molecule has 0 radical (unpaired) electrons. The van der Waals surface area contributed by atoms with Crippen molar-refractivity contribution in [2.75, 3.05) is 0 Å². The van der Waals surface area contributed by atoms with Crippen LogP contribution in [0.1, 0.15) is 5.82 Å². The van der Waals surface area contributed by atoms with Gasteiger partial charge >= 0.3 is 0 Å². The monoisotopic (exact) mass is 227 g/mol. The van der Waals surface area contributed by atoms with Gasteiger partial charge in [-0.3, -0.25) is 0 Å². The van der Waals surface area contributed by atoms with E-state index in [0.29, 0.717) is 11.5 Å². The van der Waals surface area contributed by atoms with Crippen molar-refractivity contribution in [3.05, 3.63) is 42.4 Å². The summed E-state index contributed by atoms with van der Waals surface area (Å²) in [6.45, 7) is 1.84. The van der Waals surface area contributed by atoms with Crippen LogP contribution in [0.5, 0.6) is 0 Å². The lowest BCUT2D eigenvalue weighted by molar-refractivity contribution is 1.06. The van der Waals surface area contributed by atoms with Gasteiger partial charge in [0.25, 0.3) is 0 Å². The molecule has 0 fully saturated rings. The number of hydrogen-bond donors (Lipinski definition) is 2. The fraction of sp³-hybridized carbons (Fsp3) is 0.0833. The Hall–Kier alpha value is -2.43. The minimum atomic E-state index is 0.0308. The van der Waals surface area contributed by atoms with Crippen LogP contribution in [0.2, 0.25) is 0 Å². The molecule has 0 unspecified atom stereocenters. The van der Waals surface area contributed by atoms with E-state index in [-0.39, 0.29) is 5.96 Å². The number of rotatable bonds is 2. The fourth-order valence-corrected chi connectivity index (χ4v) is 1.53. The second kappa shape index (κ2) is 4.61. The summed E-state index contributed by atoms with van der Waals surface area (Å²) in [7, 11) is 0. The summed E-state index contributed by atoms with van der Waals surface area (Å²) in [5, 5.41) is 0. The van der Waals surface area contributed by atoms with Crippen LogP contribution in [-0.4, -0.2) is 15.9 Å². The molecule has 0 spiro atoms. The van der Waals surface area contributed by atoms with Crippen LogP contribution in [0.15, 0.2) is 41.5 Å². The maximum atomic E-state index is 5.40. The summed E-state index contributed by atoms with van der Waals surface area (Å²) >= 11 is 0. The highest BCUT2D eigenvalue weighted by atomic mass is 15.0. The molecular weight excluding hydrogens is 214 g/mol. The van der Waals surface area contributed by atoms with Gasteiger partial charge in [-0.2, -0.15) is 0 Å². The highest BCUT2D eigenvalue weighted by molar-refractivity contribution is 5.83. The summed E-state index contributed by atoms with van der Waals surface area (Å²) in [4.78, 5) is 12.5. The zero-order valence-electron chi connectivity index (χ0n) is 9.46. The van der Waals surface area contributed by atoms with Gasteiger partial charge in [0.05, 0.1) is 11.4 Å². The lowest BCUT2D eigenvalue weighted by atomic mass is 10.1. The number of aryl methyl sites for hydroxylation is 1. The standard InChI is InChI=1S/C12H13N5/c1-8-15-7-6-11(16-8)9-4-2-3-5-10(9)17-12(13)14/h2-7H,1H3,(H4,13,14,17). The molecule has 0 atom stereocenters. The second-order valence-electron chi connectivity index (χ2n) is 3.54. The summed E-state index contributed by atoms with van der Waals surface area (Å²) in [6.07, 6.45) is 1.71. The van der Waals surface area contributed by atoms with Crippen molar-refractivity contribution >= 4 is 11.6 Å². The first kappa shape index (κ1) is 11.1. The average molecular weight is 227 g/mol. The minimum Gasteiger partial charge on any atom is -0.370 e. The third-order valence-corrected chi connectivity index (χ3v) is 2.21. The Morgan fingerprint density at radius 3 is 2.65 bits per heavy atom. The molecule has 2 aromatic rings. The largest absolute Gasteiger partial charge is 0.370 e. The van der Waals surface area contributed by atoms with Crippen molar-refractivity contribution in [1.29, 1.82) is 0 Å². The lowest BCUT2D eigenvalue weighted by Crippen LogP contribution is -2.21. The molecule has 0 aliphatic heterocycles. The van der Waals surface area contributed by atoms with Gasteiger partial charge in [0.2, 0.25) is 0 Å². The van der Waals surface area contributed by atoms with E-state index >= 15 is 0 Å². The predicted molar refractivity (Wildman–Crippen MR) is 67.7 cm³/mol. The van der Waals surface area contributed by atoms with Crippen LogP contribution in [-0.2, 0) is 0 Å². The van der Waals surface area contributed by atoms with Crippen LogP contribution in [0.4, 0.5) is 5.69 Å². The number of hydrogen-bond acceptors (Lipinski definition) is 3. The molecular formula is C12H13N5. The Morgan fingerprint density at radius 2 is 1.94 bits per heavy atom. The molecule has 86 valence electrons. The molecule has 0 saturated heterocycles. The number of para-hydroxylation sites is 1. The predicted octanol–water partition coefficient (Wildman–Crippen LogP) is 1.36. The molecule has 0 amide bonds. The number of guanidine groups is 1. The molecule has 1 aromatic heterocycles. The van der Waals surface area contributed by atoms with Crippen molar-refractivity contribution in [3.63, 3.8) is 0 Å². The van der Waals surface area contributed by atoms with Gasteiger partial charge in [0.1, 0.15) is 5.82 Å². The van der Waals surface area contributed by atoms with Gasteiger partial charge in [-0.15, -0.1) is 0 Å². The van der Waals surface area contributed by atoms with Gasteiger partial charge < -0.3 is 11.5 Å².